The van der Waals surface area contributed by atoms with Gasteiger partial charge >= 0.3 is 6.18 Å². The highest BCUT2D eigenvalue weighted by atomic mass is 19.4. The van der Waals surface area contributed by atoms with Crippen LogP contribution in [0.4, 0.5) is 22.0 Å². The summed E-state index contributed by atoms with van der Waals surface area (Å²) < 4.78 is 68.3. The van der Waals surface area contributed by atoms with Crippen LogP contribution in [-0.2, 0) is 14.3 Å². The normalized spacial score (nSPS) is 41.9. The van der Waals surface area contributed by atoms with Crippen LogP contribution < -0.4 is 0 Å². The number of Topliss-reactive ketones (excluding diaryl/α,β-unsaturated/α-hetero) is 2. The second kappa shape index (κ2) is 3.04. The molecule has 2 fully saturated rings. The molecule has 17 heavy (non-hydrogen) atoms. The fourth-order valence-corrected chi connectivity index (χ4v) is 2.67. The van der Waals surface area contributed by atoms with Crippen molar-refractivity contribution in [3.8, 4) is 0 Å². The van der Waals surface area contributed by atoms with Gasteiger partial charge in [-0.1, -0.05) is 0 Å². The van der Waals surface area contributed by atoms with Crippen molar-refractivity contribution in [2.75, 3.05) is 13.8 Å². The summed E-state index contributed by atoms with van der Waals surface area (Å²) >= 11 is 0. The number of carbonyl (C=O) groups is 2. The van der Waals surface area contributed by atoms with E-state index in [1.54, 1.807) is 0 Å². The first kappa shape index (κ1) is 12.4. The Balaban J connectivity index is 2.57. The van der Waals surface area contributed by atoms with Crippen LogP contribution in [0.2, 0.25) is 0 Å². The van der Waals surface area contributed by atoms with E-state index in [-0.39, 0.29) is 0 Å². The van der Waals surface area contributed by atoms with E-state index < -0.39 is 47.5 Å². The van der Waals surface area contributed by atoms with E-state index in [0.717, 1.165) is 7.11 Å². The number of alkyl halides is 4. The summed E-state index contributed by atoms with van der Waals surface area (Å²) in [5.74, 6) is -5.49. The first-order valence-electron chi connectivity index (χ1n) is 4.51. The first-order valence-corrected chi connectivity index (χ1v) is 4.51. The average molecular weight is 257 g/mol. The highest BCUT2D eigenvalue weighted by molar-refractivity contribution is 6.30. The molecule has 0 bridgehead atoms. The van der Waals surface area contributed by atoms with E-state index in [4.69, 9.17) is 0 Å². The minimum absolute atomic E-state index is 0.722. The molecule has 3 atom stereocenters. The summed E-state index contributed by atoms with van der Waals surface area (Å²) in [7, 11) is 0.722. The van der Waals surface area contributed by atoms with E-state index in [0.29, 0.717) is 0 Å². The lowest BCUT2D eigenvalue weighted by Crippen LogP contribution is -2.44. The molecule has 2 aliphatic rings. The highest BCUT2D eigenvalue weighted by Crippen LogP contribution is 2.76. The number of hydrogen-bond acceptors (Lipinski definition) is 3. The molecule has 0 saturated heterocycles. The third kappa shape index (κ3) is 0.966. The van der Waals surface area contributed by atoms with Crippen molar-refractivity contribution in [3.05, 3.63) is 6.17 Å². The molecule has 0 aromatic rings. The van der Waals surface area contributed by atoms with E-state index in [9.17, 15) is 31.5 Å². The largest absolute Gasteiger partial charge is 0.401 e. The van der Waals surface area contributed by atoms with E-state index >= 15 is 0 Å². The summed E-state index contributed by atoms with van der Waals surface area (Å²) in [6, 6.07) is 0. The molecule has 0 amide bonds. The summed E-state index contributed by atoms with van der Waals surface area (Å²) in [5, 5.41) is 0. The zero-order valence-corrected chi connectivity index (χ0v) is 8.40. The Kier molecular flexibility index (Phi) is 2.22. The van der Waals surface area contributed by atoms with Crippen LogP contribution >= 0.6 is 0 Å². The van der Waals surface area contributed by atoms with E-state index in [2.05, 4.69) is 4.74 Å². The number of ketones is 2. The smallest absolute Gasteiger partial charge is 0.368 e. The van der Waals surface area contributed by atoms with Gasteiger partial charge in [-0.05, 0) is 0 Å². The lowest BCUT2D eigenvalue weighted by atomic mass is 9.92. The molecule has 0 N–H and O–H groups in total. The monoisotopic (exact) mass is 257 g/mol. The molecule has 2 saturated carbocycles. The van der Waals surface area contributed by atoms with E-state index in [1.165, 1.54) is 0 Å². The maximum Gasteiger partial charge on any atom is 0.401 e. The fourth-order valence-electron chi connectivity index (χ4n) is 2.67. The minimum Gasteiger partial charge on any atom is -0.368 e. The fraction of sp³-hybridized carbons (Fsp3) is 0.667. The Morgan fingerprint density at radius 1 is 1.35 bits per heavy atom. The van der Waals surface area contributed by atoms with Gasteiger partial charge in [0.15, 0.2) is 11.4 Å². The minimum atomic E-state index is -5.16. The molecular formula is C9H6F5O3. The van der Waals surface area contributed by atoms with Crippen LogP contribution in [-0.4, -0.2) is 37.1 Å². The Labute approximate surface area is 91.9 Å². The molecule has 3 nitrogen and oxygen atoms in total. The lowest BCUT2D eigenvalue weighted by molar-refractivity contribution is -0.217. The van der Waals surface area contributed by atoms with Gasteiger partial charge in [-0.25, -0.2) is 8.78 Å². The van der Waals surface area contributed by atoms with Crippen LogP contribution in [0.3, 0.4) is 0 Å². The van der Waals surface area contributed by atoms with Crippen molar-refractivity contribution in [3.63, 3.8) is 0 Å². The van der Waals surface area contributed by atoms with Crippen LogP contribution in [0.5, 0.6) is 0 Å². The Bertz CT molecular complexity index is 406. The third-order valence-electron chi connectivity index (χ3n) is 3.53. The van der Waals surface area contributed by atoms with Crippen molar-refractivity contribution in [1.82, 2.24) is 0 Å². The van der Waals surface area contributed by atoms with Gasteiger partial charge in [-0.2, -0.15) is 13.2 Å². The van der Waals surface area contributed by atoms with Gasteiger partial charge in [0, 0.05) is 7.11 Å². The predicted molar refractivity (Wildman–Crippen MR) is 42.1 cm³/mol. The Hall–Kier alpha value is -1.05. The highest BCUT2D eigenvalue weighted by Gasteiger charge is 2.98. The summed E-state index contributed by atoms with van der Waals surface area (Å²) in [6.07, 6.45) is -6.96. The molecule has 0 heterocycles. The molecule has 1 radical (unpaired) electrons. The molecule has 0 aliphatic heterocycles. The molecule has 2 aliphatic carbocycles. The molecule has 0 spiro atoms. The van der Waals surface area contributed by atoms with Gasteiger partial charge in [0.05, 0.1) is 5.92 Å². The number of ether oxygens (including phenoxy) is 1. The molecule has 0 aromatic heterocycles. The molecule has 2 rings (SSSR count). The number of methoxy groups -OCH3 is 1. The summed E-state index contributed by atoms with van der Waals surface area (Å²) in [6.45, 7) is -2.00. The van der Waals surface area contributed by atoms with Gasteiger partial charge < -0.3 is 4.74 Å². The molecular weight excluding hydrogens is 251 g/mol. The summed E-state index contributed by atoms with van der Waals surface area (Å²) in [5.41, 5.74) is -5.99. The molecule has 3 unspecified atom stereocenters. The van der Waals surface area contributed by atoms with Gasteiger partial charge in [0.1, 0.15) is 12.1 Å². The van der Waals surface area contributed by atoms with Crippen molar-refractivity contribution in [1.29, 1.82) is 0 Å². The molecule has 8 heteroatoms. The maximum absolute atomic E-state index is 12.9. The van der Waals surface area contributed by atoms with Crippen LogP contribution in [0, 0.1) is 17.5 Å². The average Bonchev–Trinajstić information content (AvgIpc) is 2.84. The van der Waals surface area contributed by atoms with Crippen molar-refractivity contribution < 1.29 is 36.3 Å². The van der Waals surface area contributed by atoms with Gasteiger partial charge in [0.2, 0.25) is 5.78 Å². The molecule has 0 aromatic carbocycles. The van der Waals surface area contributed by atoms with Gasteiger partial charge in [0.25, 0.3) is 6.17 Å². The molecule has 95 valence electrons. The van der Waals surface area contributed by atoms with Crippen molar-refractivity contribution >= 4 is 11.6 Å². The third-order valence-corrected chi connectivity index (χ3v) is 3.53. The Morgan fingerprint density at radius 3 is 2.18 bits per heavy atom. The predicted octanol–water partition coefficient (Wildman–Crippen LogP) is 1.17. The standard InChI is InChI=1S/C9H6F5O3/c1-17-8-5(4(15)3(11)6(8)16)7(8,2-10)9(12,13)14/h5H,2H2,1H3. The van der Waals surface area contributed by atoms with Crippen LogP contribution in [0.1, 0.15) is 0 Å². The second-order valence-corrected chi connectivity index (χ2v) is 3.98. The zero-order chi connectivity index (χ0) is 13.2. The SMILES string of the molecule is COC12C(=O)[C](F)C(=O)C1C2(CF)C(F)(F)F. The van der Waals surface area contributed by atoms with Gasteiger partial charge in [-0.15, -0.1) is 0 Å². The number of hydrogen-bond donors (Lipinski definition) is 0. The van der Waals surface area contributed by atoms with Crippen LogP contribution in [0.15, 0.2) is 0 Å². The van der Waals surface area contributed by atoms with Crippen molar-refractivity contribution in [2.24, 2.45) is 11.3 Å². The van der Waals surface area contributed by atoms with E-state index in [1.807, 2.05) is 0 Å². The van der Waals surface area contributed by atoms with Crippen molar-refractivity contribution in [2.45, 2.75) is 11.8 Å². The van der Waals surface area contributed by atoms with Gasteiger partial charge in [-0.3, -0.25) is 9.59 Å². The number of rotatable bonds is 2. The zero-order valence-electron chi connectivity index (χ0n) is 8.40. The Morgan fingerprint density at radius 2 is 1.88 bits per heavy atom. The summed E-state index contributed by atoms with van der Waals surface area (Å²) in [4.78, 5) is 22.5. The topological polar surface area (TPSA) is 43.4 Å². The number of fused-ring (bicyclic) bond motifs is 1. The first-order chi connectivity index (χ1) is 7.72. The maximum atomic E-state index is 12.9. The lowest BCUT2D eigenvalue weighted by Gasteiger charge is -2.24. The van der Waals surface area contributed by atoms with Crippen LogP contribution in [0.25, 0.3) is 0 Å². The second-order valence-electron chi connectivity index (χ2n) is 3.98. The number of halogens is 5. The number of carbonyl (C=O) groups excluding carboxylic acids is 2. The quantitative estimate of drug-likeness (QED) is 0.697.